The molecule has 1 fully saturated rings. The number of rotatable bonds is 6. The van der Waals surface area contributed by atoms with E-state index in [9.17, 15) is 4.79 Å². The van der Waals surface area contributed by atoms with Gasteiger partial charge in [0.25, 0.3) is 5.91 Å². The van der Waals surface area contributed by atoms with Gasteiger partial charge in [0.2, 0.25) is 0 Å². The van der Waals surface area contributed by atoms with Crippen molar-refractivity contribution in [2.45, 2.75) is 20.3 Å². The lowest BCUT2D eigenvalue weighted by atomic mass is 10.0. The predicted octanol–water partition coefficient (Wildman–Crippen LogP) is 4.45. The summed E-state index contributed by atoms with van der Waals surface area (Å²) in [7, 11) is 0. The Hall–Kier alpha value is -2.63. The summed E-state index contributed by atoms with van der Waals surface area (Å²) in [6, 6.07) is 15.9. The minimum atomic E-state index is -0.0214. The number of carbonyl (C=O) groups is 1. The molecule has 3 aromatic rings. The zero-order valence-electron chi connectivity index (χ0n) is 18.2. The van der Waals surface area contributed by atoms with Gasteiger partial charge in [0.15, 0.2) is 0 Å². The van der Waals surface area contributed by atoms with E-state index in [4.69, 9.17) is 11.6 Å². The second kappa shape index (κ2) is 9.67. The van der Waals surface area contributed by atoms with Crippen LogP contribution in [0, 0.1) is 13.8 Å². The van der Waals surface area contributed by atoms with Gasteiger partial charge in [0, 0.05) is 54.5 Å². The summed E-state index contributed by atoms with van der Waals surface area (Å²) < 4.78 is 0. The third kappa shape index (κ3) is 5.17. The number of para-hydroxylation sites is 1. The molecular weight excluding hydrogens is 408 g/mol. The number of benzene rings is 2. The number of pyridine rings is 1. The number of anilines is 1. The highest BCUT2D eigenvalue weighted by atomic mass is 35.5. The van der Waals surface area contributed by atoms with Gasteiger partial charge in [-0.1, -0.05) is 35.9 Å². The SMILES string of the molecule is Cc1cc(C(=O)NCCCN2CCN(c3cccc(Cl)c3)CC2)c2cccc(C)c2n1. The van der Waals surface area contributed by atoms with E-state index in [0.717, 1.165) is 66.3 Å². The Kier molecular flexibility index (Phi) is 6.73. The van der Waals surface area contributed by atoms with Crippen LogP contribution in [-0.4, -0.2) is 55.1 Å². The largest absolute Gasteiger partial charge is 0.369 e. The highest BCUT2D eigenvalue weighted by Gasteiger charge is 2.17. The summed E-state index contributed by atoms with van der Waals surface area (Å²) in [5.74, 6) is -0.0214. The quantitative estimate of drug-likeness (QED) is 0.580. The molecule has 4 rings (SSSR count). The molecule has 1 aliphatic heterocycles. The molecule has 5 nitrogen and oxygen atoms in total. The van der Waals surface area contributed by atoms with Crippen LogP contribution in [0.2, 0.25) is 5.02 Å². The Morgan fingerprint density at radius 2 is 1.84 bits per heavy atom. The normalized spacial score (nSPS) is 14.7. The van der Waals surface area contributed by atoms with Gasteiger partial charge in [-0.05, 0) is 56.6 Å². The number of halogens is 1. The lowest BCUT2D eigenvalue weighted by molar-refractivity contribution is 0.0953. The molecule has 0 spiro atoms. The molecule has 0 saturated carbocycles. The zero-order chi connectivity index (χ0) is 21.8. The first-order valence-electron chi connectivity index (χ1n) is 10.9. The summed E-state index contributed by atoms with van der Waals surface area (Å²) in [5.41, 5.74) is 4.76. The first kappa shape index (κ1) is 21.6. The number of piperazine rings is 1. The van der Waals surface area contributed by atoms with E-state index in [1.54, 1.807) is 0 Å². The third-order valence-electron chi connectivity index (χ3n) is 5.90. The summed E-state index contributed by atoms with van der Waals surface area (Å²) in [4.78, 5) is 22.3. The van der Waals surface area contributed by atoms with Gasteiger partial charge in [-0.3, -0.25) is 14.7 Å². The number of aromatic nitrogens is 1. The van der Waals surface area contributed by atoms with Crippen LogP contribution in [0.4, 0.5) is 5.69 Å². The van der Waals surface area contributed by atoms with Gasteiger partial charge in [-0.2, -0.15) is 0 Å². The molecule has 31 heavy (non-hydrogen) atoms. The van der Waals surface area contributed by atoms with Gasteiger partial charge >= 0.3 is 0 Å². The maximum atomic E-state index is 12.8. The van der Waals surface area contributed by atoms with E-state index < -0.39 is 0 Å². The van der Waals surface area contributed by atoms with Crippen molar-refractivity contribution in [2.75, 3.05) is 44.2 Å². The van der Waals surface area contributed by atoms with Crippen molar-refractivity contribution in [1.29, 1.82) is 0 Å². The van der Waals surface area contributed by atoms with Crippen molar-refractivity contribution >= 4 is 34.1 Å². The molecule has 0 bridgehead atoms. The van der Waals surface area contributed by atoms with Crippen LogP contribution in [0.15, 0.2) is 48.5 Å². The molecule has 0 radical (unpaired) electrons. The van der Waals surface area contributed by atoms with Gasteiger partial charge in [0.05, 0.1) is 11.1 Å². The highest BCUT2D eigenvalue weighted by molar-refractivity contribution is 6.30. The third-order valence-corrected chi connectivity index (χ3v) is 6.13. The Balaban J connectivity index is 1.26. The van der Waals surface area contributed by atoms with Crippen molar-refractivity contribution < 1.29 is 4.79 Å². The number of nitrogens with zero attached hydrogens (tertiary/aromatic N) is 3. The minimum Gasteiger partial charge on any atom is -0.369 e. The number of aryl methyl sites for hydroxylation is 2. The summed E-state index contributed by atoms with van der Waals surface area (Å²) in [5, 5.41) is 4.80. The molecule has 1 N–H and O–H groups in total. The first-order valence-corrected chi connectivity index (χ1v) is 11.3. The number of hydrogen-bond acceptors (Lipinski definition) is 4. The van der Waals surface area contributed by atoms with Gasteiger partial charge in [-0.25, -0.2) is 0 Å². The lowest BCUT2D eigenvalue weighted by Gasteiger charge is -2.36. The van der Waals surface area contributed by atoms with Crippen molar-refractivity contribution in [3.8, 4) is 0 Å². The first-order chi connectivity index (χ1) is 15.0. The van der Waals surface area contributed by atoms with E-state index in [1.807, 2.05) is 56.3 Å². The van der Waals surface area contributed by atoms with Crippen LogP contribution in [0.5, 0.6) is 0 Å². The molecule has 2 heterocycles. The van der Waals surface area contributed by atoms with Crippen LogP contribution >= 0.6 is 11.6 Å². The zero-order valence-corrected chi connectivity index (χ0v) is 19.0. The molecular formula is C25H29ClN4O. The molecule has 0 atom stereocenters. The number of nitrogens with one attached hydrogen (secondary N) is 1. The van der Waals surface area contributed by atoms with E-state index in [1.165, 1.54) is 5.69 Å². The van der Waals surface area contributed by atoms with E-state index >= 15 is 0 Å². The van der Waals surface area contributed by atoms with Gasteiger partial charge < -0.3 is 10.2 Å². The lowest BCUT2D eigenvalue weighted by Crippen LogP contribution is -2.47. The van der Waals surface area contributed by atoms with Crippen LogP contribution in [-0.2, 0) is 0 Å². The molecule has 6 heteroatoms. The minimum absolute atomic E-state index is 0.0214. The Morgan fingerprint density at radius 1 is 1.06 bits per heavy atom. The average molecular weight is 437 g/mol. The van der Waals surface area contributed by atoms with Gasteiger partial charge in [-0.15, -0.1) is 0 Å². The fraction of sp³-hybridized carbons (Fsp3) is 0.360. The molecule has 2 aromatic carbocycles. The summed E-state index contributed by atoms with van der Waals surface area (Å²) >= 11 is 6.12. The Bertz CT molecular complexity index is 1080. The number of amides is 1. The van der Waals surface area contributed by atoms with Crippen molar-refractivity contribution in [3.05, 3.63) is 70.4 Å². The number of carbonyl (C=O) groups excluding carboxylic acids is 1. The second-order valence-corrected chi connectivity index (χ2v) is 8.64. The van der Waals surface area contributed by atoms with Crippen molar-refractivity contribution in [3.63, 3.8) is 0 Å². The maximum absolute atomic E-state index is 12.8. The smallest absolute Gasteiger partial charge is 0.252 e. The molecule has 1 amide bonds. The maximum Gasteiger partial charge on any atom is 0.252 e. The van der Waals surface area contributed by atoms with Crippen molar-refractivity contribution in [2.24, 2.45) is 0 Å². The van der Waals surface area contributed by atoms with E-state index in [-0.39, 0.29) is 5.91 Å². The molecule has 1 aliphatic rings. The topological polar surface area (TPSA) is 48.5 Å². The molecule has 0 unspecified atom stereocenters. The molecule has 0 aliphatic carbocycles. The second-order valence-electron chi connectivity index (χ2n) is 8.20. The Labute approximate surface area is 189 Å². The Morgan fingerprint density at radius 3 is 2.61 bits per heavy atom. The fourth-order valence-corrected chi connectivity index (χ4v) is 4.39. The van der Waals surface area contributed by atoms with E-state index in [2.05, 4.69) is 26.2 Å². The standard InChI is InChI=1S/C25H29ClN4O/c1-18-6-3-9-22-23(16-19(2)28-24(18)22)25(31)27-10-5-11-29-12-14-30(15-13-29)21-8-4-7-20(26)17-21/h3-4,6-9,16-17H,5,10-15H2,1-2H3,(H,27,31). The van der Waals surface area contributed by atoms with Crippen LogP contribution in [0.3, 0.4) is 0 Å². The monoisotopic (exact) mass is 436 g/mol. The number of fused-ring (bicyclic) bond motifs is 1. The van der Waals surface area contributed by atoms with Crippen LogP contribution in [0.25, 0.3) is 10.9 Å². The summed E-state index contributed by atoms with van der Waals surface area (Å²) in [6.45, 7) is 9.65. The molecule has 1 aromatic heterocycles. The highest BCUT2D eigenvalue weighted by Crippen LogP contribution is 2.22. The molecule has 1 saturated heterocycles. The average Bonchev–Trinajstić information content (AvgIpc) is 2.77. The number of hydrogen-bond donors (Lipinski definition) is 1. The molecule has 162 valence electrons. The van der Waals surface area contributed by atoms with Crippen molar-refractivity contribution in [1.82, 2.24) is 15.2 Å². The fourth-order valence-electron chi connectivity index (χ4n) is 4.21. The summed E-state index contributed by atoms with van der Waals surface area (Å²) in [6.07, 6.45) is 0.934. The van der Waals surface area contributed by atoms with Gasteiger partial charge in [0.1, 0.15) is 0 Å². The van der Waals surface area contributed by atoms with Crippen LogP contribution in [0.1, 0.15) is 28.0 Å². The van der Waals surface area contributed by atoms with Crippen LogP contribution < -0.4 is 10.2 Å². The van der Waals surface area contributed by atoms with E-state index in [0.29, 0.717) is 12.1 Å². The predicted molar refractivity (Wildman–Crippen MR) is 128 cm³/mol.